The van der Waals surface area contributed by atoms with Crippen LogP contribution in [-0.4, -0.2) is 43.3 Å². The minimum absolute atomic E-state index is 0.749. The zero-order valence-corrected chi connectivity index (χ0v) is 20.4. The first-order chi connectivity index (χ1) is 15.6. The van der Waals surface area contributed by atoms with Gasteiger partial charge in [0.1, 0.15) is 5.75 Å². The predicted octanol–water partition coefficient (Wildman–Crippen LogP) is 6.07. The van der Waals surface area contributed by atoms with Crippen molar-refractivity contribution in [1.82, 2.24) is 4.90 Å². The van der Waals surface area contributed by atoms with Gasteiger partial charge in [0.05, 0.1) is 6.61 Å². The van der Waals surface area contributed by atoms with Crippen molar-refractivity contribution in [2.45, 2.75) is 45.4 Å². The topological polar surface area (TPSA) is 27.7 Å². The number of unbranched alkanes of at least 4 members (excludes halogenated alkanes) is 2. The molecule has 32 heavy (non-hydrogen) atoms. The van der Waals surface area contributed by atoms with E-state index in [1.807, 2.05) is 6.08 Å². The van der Waals surface area contributed by atoms with E-state index in [4.69, 9.17) is 17.0 Å². The molecular formula is C27H37N3OS. The van der Waals surface area contributed by atoms with Gasteiger partial charge in [-0.25, -0.2) is 0 Å². The summed E-state index contributed by atoms with van der Waals surface area (Å²) < 4.78 is 6.00. The fourth-order valence-electron chi connectivity index (χ4n) is 3.99. The summed E-state index contributed by atoms with van der Waals surface area (Å²) in [6.07, 6.45) is 8.69. The van der Waals surface area contributed by atoms with Gasteiger partial charge < -0.3 is 19.9 Å². The number of anilines is 2. The van der Waals surface area contributed by atoms with Crippen LogP contribution >= 0.6 is 12.2 Å². The van der Waals surface area contributed by atoms with Gasteiger partial charge in [0.25, 0.3) is 0 Å². The minimum Gasteiger partial charge on any atom is -0.494 e. The number of hydrogen-bond acceptors (Lipinski definition) is 3. The number of ether oxygens (including phenoxy) is 1. The Hall–Kier alpha value is -2.37. The lowest BCUT2D eigenvalue weighted by Gasteiger charge is -2.21. The number of hydrogen-bond donors (Lipinski definition) is 1. The number of aryl methyl sites for hydroxylation is 1. The van der Waals surface area contributed by atoms with E-state index in [0.717, 1.165) is 68.5 Å². The molecule has 0 bridgehead atoms. The smallest absolute Gasteiger partial charge is 0.177 e. The molecule has 4 nitrogen and oxygen atoms in total. The van der Waals surface area contributed by atoms with Crippen LogP contribution in [0.1, 0.15) is 43.7 Å². The molecule has 3 rings (SSSR count). The number of thiocarbonyl (C=S) groups is 1. The third kappa shape index (κ3) is 7.07. The summed E-state index contributed by atoms with van der Waals surface area (Å²) in [4.78, 5) is 4.46. The van der Waals surface area contributed by atoms with Gasteiger partial charge in [-0.2, -0.15) is 0 Å². The normalized spacial score (nSPS) is 12.7. The Balaban J connectivity index is 1.48. The van der Waals surface area contributed by atoms with E-state index in [1.54, 1.807) is 0 Å². The molecule has 1 heterocycles. The molecule has 2 aromatic carbocycles. The molecule has 0 amide bonds. The molecule has 0 unspecified atom stereocenters. The Morgan fingerprint density at radius 2 is 2.00 bits per heavy atom. The van der Waals surface area contributed by atoms with E-state index in [2.05, 4.69) is 78.1 Å². The summed E-state index contributed by atoms with van der Waals surface area (Å²) >= 11 is 5.72. The van der Waals surface area contributed by atoms with Gasteiger partial charge in [0.15, 0.2) is 5.11 Å². The highest BCUT2D eigenvalue weighted by Gasteiger charge is 2.23. The zero-order chi connectivity index (χ0) is 22.8. The molecule has 1 aliphatic heterocycles. The Morgan fingerprint density at radius 1 is 1.19 bits per heavy atom. The van der Waals surface area contributed by atoms with E-state index in [-0.39, 0.29) is 0 Å². The maximum absolute atomic E-state index is 6.00. The van der Waals surface area contributed by atoms with E-state index in [0.29, 0.717) is 0 Å². The van der Waals surface area contributed by atoms with Crippen molar-refractivity contribution in [1.29, 1.82) is 0 Å². The largest absolute Gasteiger partial charge is 0.494 e. The van der Waals surface area contributed by atoms with E-state index in [9.17, 15) is 0 Å². The molecule has 0 spiro atoms. The van der Waals surface area contributed by atoms with E-state index >= 15 is 0 Å². The summed E-state index contributed by atoms with van der Waals surface area (Å²) in [5, 5.41) is 4.16. The number of nitrogens with one attached hydrogen (secondary N) is 1. The molecule has 1 aliphatic rings. The number of rotatable bonds is 12. The van der Waals surface area contributed by atoms with Crippen molar-refractivity contribution in [3.63, 3.8) is 0 Å². The Morgan fingerprint density at radius 3 is 2.75 bits per heavy atom. The molecule has 0 radical (unpaired) electrons. The van der Waals surface area contributed by atoms with Crippen LogP contribution in [0, 0.1) is 0 Å². The molecule has 0 atom stereocenters. The number of nitrogens with zero attached hydrogens (tertiary/aromatic N) is 2. The maximum Gasteiger partial charge on any atom is 0.177 e. The van der Waals surface area contributed by atoms with Crippen LogP contribution in [-0.2, 0) is 12.8 Å². The summed E-state index contributed by atoms with van der Waals surface area (Å²) in [6.45, 7) is 9.66. The predicted molar refractivity (Wildman–Crippen MR) is 141 cm³/mol. The van der Waals surface area contributed by atoms with Crippen molar-refractivity contribution in [2.24, 2.45) is 0 Å². The second-order valence-electron chi connectivity index (χ2n) is 8.53. The molecule has 0 fully saturated rings. The third-order valence-corrected chi connectivity index (χ3v) is 6.18. The second kappa shape index (κ2) is 12.6. The number of likely N-dealkylation sites (N-methyl/N-ethyl adjacent to an activating group) is 1. The summed E-state index contributed by atoms with van der Waals surface area (Å²) in [6, 6.07) is 15.0. The zero-order valence-electron chi connectivity index (χ0n) is 19.6. The second-order valence-corrected chi connectivity index (χ2v) is 8.92. The lowest BCUT2D eigenvalue weighted by molar-refractivity contribution is 0.287. The Labute approximate surface area is 199 Å². The molecule has 0 aliphatic carbocycles. The highest BCUT2D eigenvalue weighted by Crippen LogP contribution is 2.32. The first kappa shape index (κ1) is 24.3. The van der Waals surface area contributed by atoms with Gasteiger partial charge in [0, 0.05) is 24.5 Å². The van der Waals surface area contributed by atoms with Gasteiger partial charge in [-0.3, -0.25) is 0 Å². The van der Waals surface area contributed by atoms with Gasteiger partial charge >= 0.3 is 0 Å². The number of benzene rings is 2. The lowest BCUT2D eigenvalue weighted by atomic mass is 10.1. The maximum atomic E-state index is 6.00. The van der Waals surface area contributed by atoms with Crippen LogP contribution in [0.25, 0.3) is 0 Å². The SMILES string of the molecule is C=CCN(C)CCCCOc1ccc2c(c1)CCN2C(=S)Nc1ccc(CCCC)cc1. The highest BCUT2D eigenvalue weighted by atomic mass is 32.1. The van der Waals surface area contributed by atoms with Gasteiger partial charge in [-0.05, 0) is 99.4 Å². The van der Waals surface area contributed by atoms with Crippen LogP contribution in [0.4, 0.5) is 11.4 Å². The number of fused-ring (bicyclic) bond motifs is 1. The minimum atomic E-state index is 0.749. The van der Waals surface area contributed by atoms with Crippen LogP contribution in [0.5, 0.6) is 5.75 Å². The van der Waals surface area contributed by atoms with Gasteiger partial charge in [0.2, 0.25) is 0 Å². The molecule has 172 valence electrons. The fraction of sp³-hybridized carbons (Fsp3) is 0.444. The lowest BCUT2D eigenvalue weighted by Crippen LogP contribution is -2.33. The Kier molecular flexibility index (Phi) is 9.57. The van der Waals surface area contributed by atoms with Crippen LogP contribution in [0.15, 0.2) is 55.1 Å². The van der Waals surface area contributed by atoms with Crippen molar-refractivity contribution < 1.29 is 4.74 Å². The average molecular weight is 452 g/mol. The average Bonchev–Trinajstić information content (AvgIpc) is 3.22. The standard InChI is InChI=1S/C27H37N3OS/c1-4-6-9-22-10-12-24(13-11-22)28-27(32)30-19-16-23-21-25(14-15-26(23)30)31-20-8-7-18-29(3)17-5-2/h5,10-15,21H,2,4,6-9,16-20H2,1,3H3,(H,28,32). The van der Waals surface area contributed by atoms with Crippen LogP contribution < -0.4 is 15.0 Å². The third-order valence-electron chi connectivity index (χ3n) is 5.86. The van der Waals surface area contributed by atoms with Crippen molar-refractivity contribution in [3.05, 3.63) is 66.2 Å². The molecule has 1 N–H and O–H groups in total. The Bertz CT molecular complexity index is 881. The summed E-state index contributed by atoms with van der Waals surface area (Å²) in [5.74, 6) is 0.951. The molecule has 2 aromatic rings. The van der Waals surface area contributed by atoms with Crippen LogP contribution in [0.3, 0.4) is 0 Å². The van der Waals surface area contributed by atoms with Gasteiger partial charge in [-0.1, -0.05) is 31.6 Å². The highest BCUT2D eigenvalue weighted by molar-refractivity contribution is 7.80. The summed E-state index contributed by atoms with van der Waals surface area (Å²) in [5.41, 5.74) is 4.90. The van der Waals surface area contributed by atoms with Crippen molar-refractivity contribution in [3.8, 4) is 5.75 Å². The summed E-state index contributed by atoms with van der Waals surface area (Å²) in [7, 11) is 2.12. The van der Waals surface area contributed by atoms with Crippen LogP contribution in [0.2, 0.25) is 0 Å². The molecule has 0 saturated carbocycles. The first-order valence-corrected chi connectivity index (χ1v) is 12.2. The first-order valence-electron chi connectivity index (χ1n) is 11.8. The fourth-order valence-corrected chi connectivity index (χ4v) is 4.30. The molecule has 5 heteroatoms. The van der Waals surface area contributed by atoms with Gasteiger partial charge in [-0.15, -0.1) is 6.58 Å². The van der Waals surface area contributed by atoms with E-state index < -0.39 is 0 Å². The molecule has 0 aromatic heterocycles. The van der Waals surface area contributed by atoms with E-state index in [1.165, 1.54) is 29.7 Å². The van der Waals surface area contributed by atoms with Crippen molar-refractivity contribution in [2.75, 3.05) is 43.5 Å². The monoisotopic (exact) mass is 451 g/mol. The molecular weight excluding hydrogens is 414 g/mol. The quantitative estimate of drug-likeness (QED) is 0.240. The van der Waals surface area contributed by atoms with Crippen molar-refractivity contribution >= 4 is 28.7 Å². The molecule has 0 saturated heterocycles.